The highest BCUT2D eigenvalue weighted by atomic mass is 15.3. The molecule has 3 nitrogen and oxygen atoms in total. The average molecular weight is 350 g/mol. The maximum Gasteiger partial charge on any atom is 0.131 e. The number of aromatic nitrogens is 2. The smallest absolute Gasteiger partial charge is 0.131 e. The number of nitrogens with one attached hydrogen (secondary N) is 1. The molecule has 0 atom stereocenters. The minimum absolute atomic E-state index is 0.740. The van der Waals surface area contributed by atoms with Crippen molar-refractivity contribution in [2.75, 3.05) is 5.32 Å². The van der Waals surface area contributed by atoms with Crippen molar-refractivity contribution in [2.24, 2.45) is 7.05 Å². The molecule has 3 heteroatoms. The van der Waals surface area contributed by atoms with Crippen LogP contribution >= 0.6 is 0 Å². The minimum atomic E-state index is 0.740. The lowest BCUT2D eigenvalue weighted by Gasteiger charge is -2.22. The SMILES string of the molecule is C=C/C=C(\Nc1c(C)c(CC)nn1C)c1ccc(C2CCCCC2)cc1. The molecule has 0 amide bonds. The topological polar surface area (TPSA) is 29.9 Å². The number of rotatable bonds is 6. The van der Waals surface area contributed by atoms with Gasteiger partial charge in [-0.15, -0.1) is 0 Å². The molecule has 0 bridgehead atoms. The first-order valence-corrected chi connectivity index (χ1v) is 9.86. The number of nitrogens with zero attached hydrogens (tertiary/aromatic N) is 2. The predicted molar refractivity (Wildman–Crippen MR) is 111 cm³/mol. The van der Waals surface area contributed by atoms with Gasteiger partial charge in [-0.3, -0.25) is 4.68 Å². The van der Waals surface area contributed by atoms with Crippen LogP contribution in [0.25, 0.3) is 5.70 Å². The van der Waals surface area contributed by atoms with Crippen molar-refractivity contribution in [3.8, 4) is 0 Å². The van der Waals surface area contributed by atoms with Crippen molar-refractivity contribution in [2.45, 2.75) is 58.3 Å². The summed E-state index contributed by atoms with van der Waals surface area (Å²) in [6.07, 6.45) is 11.6. The molecule has 0 saturated heterocycles. The van der Waals surface area contributed by atoms with E-state index < -0.39 is 0 Å². The molecule has 138 valence electrons. The number of benzene rings is 1. The summed E-state index contributed by atoms with van der Waals surface area (Å²) in [7, 11) is 1.99. The van der Waals surface area contributed by atoms with E-state index in [0.29, 0.717) is 0 Å². The molecule has 0 unspecified atom stereocenters. The van der Waals surface area contributed by atoms with Gasteiger partial charge in [-0.1, -0.05) is 63.1 Å². The first-order chi connectivity index (χ1) is 12.6. The van der Waals surface area contributed by atoms with Crippen LogP contribution in [-0.2, 0) is 13.5 Å². The molecule has 2 aromatic rings. The van der Waals surface area contributed by atoms with E-state index in [1.807, 2.05) is 23.9 Å². The van der Waals surface area contributed by atoms with Gasteiger partial charge in [0.15, 0.2) is 0 Å². The van der Waals surface area contributed by atoms with Gasteiger partial charge in [0.25, 0.3) is 0 Å². The second-order valence-electron chi connectivity index (χ2n) is 7.30. The Bertz CT molecular complexity index is 775. The summed E-state index contributed by atoms with van der Waals surface area (Å²) in [5, 5.41) is 8.19. The maximum atomic E-state index is 4.61. The van der Waals surface area contributed by atoms with Gasteiger partial charge in [-0.05, 0) is 49.3 Å². The van der Waals surface area contributed by atoms with Crippen molar-refractivity contribution in [3.05, 3.63) is 65.4 Å². The molecule has 1 N–H and O–H groups in total. The molecule has 0 radical (unpaired) electrons. The molecule has 26 heavy (non-hydrogen) atoms. The molecule has 1 aromatic heterocycles. The maximum absolute atomic E-state index is 4.61. The van der Waals surface area contributed by atoms with Crippen LogP contribution in [0.4, 0.5) is 5.82 Å². The van der Waals surface area contributed by atoms with Gasteiger partial charge >= 0.3 is 0 Å². The number of hydrogen-bond donors (Lipinski definition) is 1. The highest BCUT2D eigenvalue weighted by molar-refractivity contribution is 5.78. The Morgan fingerprint density at radius 1 is 1.23 bits per heavy atom. The molecule has 1 aromatic carbocycles. The van der Waals surface area contributed by atoms with E-state index >= 15 is 0 Å². The van der Waals surface area contributed by atoms with E-state index in [1.54, 1.807) is 0 Å². The Balaban J connectivity index is 1.83. The number of allylic oxidation sites excluding steroid dienone is 2. The lowest BCUT2D eigenvalue weighted by Crippen LogP contribution is -2.06. The van der Waals surface area contributed by atoms with Crippen LogP contribution in [0.2, 0.25) is 0 Å². The number of aryl methyl sites for hydroxylation is 2. The van der Waals surface area contributed by atoms with Crippen molar-refractivity contribution < 1.29 is 0 Å². The van der Waals surface area contributed by atoms with Gasteiger partial charge in [0.1, 0.15) is 5.82 Å². The summed E-state index contributed by atoms with van der Waals surface area (Å²) in [4.78, 5) is 0. The Morgan fingerprint density at radius 2 is 1.92 bits per heavy atom. The van der Waals surface area contributed by atoms with Crippen molar-refractivity contribution in [1.82, 2.24) is 9.78 Å². The highest BCUT2D eigenvalue weighted by Gasteiger charge is 2.16. The van der Waals surface area contributed by atoms with Crippen molar-refractivity contribution >= 4 is 11.5 Å². The summed E-state index contributed by atoms with van der Waals surface area (Å²) < 4.78 is 1.93. The third-order valence-electron chi connectivity index (χ3n) is 5.55. The van der Waals surface area contributed by atoms with E-state index in [4.69, 9.17) is 0 Å². The molecule has 0 spiro atoms. The van der Waals surface area contributed by atoms with Gasteiger partial charge in [0.05, 0.1) is 5.69 Å². The average Bonchev–Trinajstić information content (AvgIpc) is 2.96. The molecule has 1 aliphatic carbocycles. The molecule has 1 fully saturated rings. The zero-order valence-electron chi connectivity index (χ0n) is 16.4. The third-order valence-corrected chi connectivity index (χ3v) is 5.55. The van der Waals surface area contributed by atoms with E-state index in [1.165, 1.54) is 48.8 Å². The van der Waals surface area contributed by atoms with Gasteiger partial charge < -0.3 is 5.32 Å². The fourth-order valence-corrected chi connectivity index (χ4v) is 4.02. The van der Waals surface area contributed by atoms with E-state index in [-0.39, 0.29) is 0 Å². The lowest BCUT2D eigenvalue weighted by molar-refractivity contribution is 0.443. The Kier molecular flexibility index (Phi) is 5.97. The van der Waals surface area contributed by atoms with Crippen LogP contribution < -0.4 is 5.32 Å². The molecule has 0 aliphatic heterocycles. The van der Waals surface area contributed by atoms with E-state index in [2.05, 4.69) is 55.1 Å². The third kappa shape index (κ3) is 3.92. The van der Waals surface area contributed by atoms with Crippen LogP contribution in [0.15, 0.2) is 43.0 Å². The van der Waals surface area contributed by atoms with Crippen LogP contribution in [0, 0.1) is 6.92 Å². The molecule has 1 aliphatic rings. The van der Waals surface area contributed by atoms with E-state index in [9.17, 15) is 0 Å². The molecule has 3 rings (SSSR count). The zero-order chi connectivity index (χ0) is 18.5. The minimum Gasteiger partial charge on any atom is -0.340 e. The van der Waals surface area contributed by atoms with Crippen LogP contribution in [0.5, 0.6) is 0 Å². The fourth-order valence-electron chi connectivity index (χ4n) is 4.02. The second-order valence-corrected chi connectivity index (χ2v) is 7.30. The molecular formula is C23H31N3. The zero-order valence-corrected chi connectivity index (χ0v) is 16.4. The summed E-state index contributed by atoms with van der Waals surface area (Å²) >= 11 is 0. The summed E-state index contributed by atoms with van der Waals surface area (Å²) in [5.74, 6) is 1.79. The van der Waals surface area contributed by atoms with Gasteiger partial charge in [0.2, 0.25) is 0 Å². The second kappa shape index (κ2) is 8.39. The van der Waals surface area contributed by atoms with Gasteiger partial charge in [-0.25, -0.2) is 0 Å². The molecular weight excluding hydrogens is 318 g/mol. The van der Waals surface area contributed by atoms with E-state index in [0.717, 1.165) is 29.5 Å². The first kappa shape index (κ1) is 18.5. The van der Waals surface area contributed by atoms with Crippen molar-refractivity contribution in [1.29, 1.82) is 0 Å². The summed E-state index contributed by atoms with van der Waals surface area (Å²) in [6, 6.07) is 9.08. The first-order valence-electron chi connectivity index (χ1n) is 9.86. The Labute approximate surface area is 157 Å². The van der Waals surface area contributed by atoms with Crippen molar-refractivity contribution in [3.63, 3.8) is 0 Å². The Hall–Kier alpha value is -2.29. The molecule has 1 saturated carbocycles. The quantitative estimate of drug-likeness (QED) is 0.650. The fraction of sp³-hybridized carbons (Fsp3) is 0.435. The molecule has 1 heterocycles. The largest absolute Gasteiger partial charge is 0.340 e. The van der Waals surface area contributed by atoms with Crippen LogP contribution in [-0.4, -0.2) is 9.78 Å². The highest BCUT2D eigenvalue weighted by Crippen LogP contribution is 2.33. The Morgan fingerprint density at radius 3 is 2.50 bits per heavy atom. The number of anilines is 1. The van der Waals surface area contributed by atoms with Crippen LogP contribution in [0.3, 0.4) is 0 Å². The summed E-state index contributed by atoms with van der Waals surface area (Å²) in [5.41, 5.74) is 6.08. The standard InChI is InChI=1S/C23H31N3/c1-5-10-22(24-23-17(3)21(6-2)25-26(23)4)20-15-13-19(14-16-20)18-11-8-7-9-12-18/h5,10,13-16,18,24H,1,6-9,11-12H2,2-4H3/b22-10-. The van der Waals surface area contributed by atoms with Crippen LogP contribution in [0.1, 0.15) is 67.3 Å². The van der Waals surface area contributed by atoms with Gasteiger partial charge in [-0.2, -0.15) is 5.10 Å². The summed E-state index contributed by atoms with van der Waals surface area (Å²) in [6.45, 7) is 8.16. The number of hydrogen-bond acceptors (Lipinski definition) is 2. The monoisotopic (exact) mass is 349 g/mol. The van der Waals surface area contributed by atoms with Gasteiger partial charge in [0, 0.05) is 18.3 Å². The lowest BCUT2D eigenvalue weighted by atomic mass is 9.84. The predicted octanol–water partition coefficient (Wildman–Crippen LogP) is 5.98. The normalized spacial score (nSPS) is 15.9.